The summed E-state index contributed by atoms with van der Waals surface area (Å²) in [5.41, 5.74) is 4.16. The van der Waals surface area contributed by atoms with Gasteiger partial charge in [-0.3, -0.25) is 4.79 Å². The summed E-state index contributed by atoms with van der Waals surface area (Å²) in [6, 6.07) is 11.1. The molecule has 1 aromatic heterocycles. The maximum atomic E-state index is 14.1. The largest absolute Gasteiger partial charge is 0.381 e. The van der Waals surface area contributed by atoms with E-state index in [1.54, 1.807) is 0 Å². The molecular formula is C30H40N4O3. The fraction of sp³-hybridized carbons (Fsp3) is 0.600. The van der Waals surface area contributed by atoms with Crippen LogP contribution in [0.25, 0.3) is 0 Å². The molecule has 4 fully saturated rings. The Balaban J connectivity index is 1.29. The number of aromatic nitrogens is 1. The van der Waals surface area contributed by atoms with Crippen LogP contribution in [-0.4, -0.2) is 48.9 Å². The van der Waals surface area contributed by atoms with Crippen LogP contribution in [0, 0.1) is 11.8 Å². The van der Waals surface area contributed by atoms with E-state index in [0.717, 1.165) is 61.4 Å². The van der Waals surface area contributed by atoms with Crippen LogP contribution in [0.2, 0.25) is 0 Å². The van der Waals surface area contributed by atoms with Crippen molar-refractivity contribution in [1.82, 2.24) is 4.98 Å². The van der Waals surface area contributed by atoms with E-state index in [2.05, 4.69) is 53.3 Å². The molecule has 198 valence electrons. The van der Waals surface area contributed by atoms with Gasteiger partial charge in [-0.1, -0.05) is 6.07 Å². The quantitative estimate of drug-likeness (QED) is 0.567. The summed E-state index contributed by atoms with van der Waals surface area (Å²) in [5, 5.41) is 3.54. The molecule has 2 saturated carbocycles. The van der Waals surface area contributed by atoms with Crippen LogP contribution in [0.3, 0.4) is 0 Å². The molecule has 1 aromatic carbocycles. The summed E-state index contributed by atoms with van der Waals surface area (Å²) in [6.45, 7) is 5.73. The van der Waals surface area contributed by atoms with Crippen molar-refractivity contribution in [1.29, 1.82) is 0 Å². The molecule has 3 atom stereocenters. The Morgan fingerprint density at radius 1 is 1.11 bits per heavy atom. The molecule has 3 aliphatic heterocycles. The first-order valence-electron chi connectivity index (χ1n) is 14.1. The van der Waals surface area contributed by atoms with Gasteiger partial charge in [0.15, 0.2) is 0 Å². The smallest absolute Gasteiger partial charge is 0.230 e. The van der Waals surface area contributed by atoms with E-state index >= 15 is 0 Å². The fourth-order valence-electron chi connectivity index (χ4n) is 7.01. The number of carbonyl (C=O) groups excluding carboxylic acids is 1. The van der Waals surface area contributed by atoms with Gasteiger partial charge in [-0.05, 0) is 83.1 Å². The number of benzene rings is 1. The van der Waals surface area contributed by atoms with Crippen molar-refractivity contribution in [2.45, 2.75) is 89.7 Å². The Morgan fingerprint density at radius 3 is 2.68 bits per heavy atom. The summed E-state index contributed by atoms with van der Waals surface area (Å²) >= 11 is 0. The van der Waals surface area contributed by atoms with E-state index in [1.165, 1.54) is 18.5 Å². The second-order valence-electron chi connectivity index (χ2n) is 11.6. The van der Waals surface area contributed by atoms with Gasteiger partial charge >= 0.3 is 0 Å². The monoisotopic (exact) mass is 504 g/mol. The summed E-state index contributed by atoms with van der Waals surface area (Å²) < 4.78 is 11.8. The van der Waals surface area contributed by atoms with Crippen LogP contribution >= 0.6 is 0 Å². The molecule has 1 N–H and O–H groups in total. The van der Waals surface area contributed by atoms with Gasteiger partial charge in [0, 0.05) is 49.0 Å². The van der Waals surface area contributed by atoms with Gasteiger partial charge in [0.05, 0.1) is 36.2 Å². The van der Waals surface area contributed by atoms with Crippen LogP contribution in [0.4, 0.5) is 22.9 Å². The highest BCUT2D eigenvalue weighted by molar-refractivity contribution is 6.00. The molecule has 2 saturated heterocycles. The Kier molecular flexibility index (Phi) is 6.84. The third kappa shape index (κ3) is 4.84. The van der Waals surface area contributed by atoms with Crippen LogP contribution < -0.4 is 15.1 Å². The lowest BCUT2D eigenvalue weighted by atomic mass is 9.77. The van der Waals surface area contributed by atoms with Crippen molar-refractivity contribution in [3.63, 3.8) is 0 Å². The third-order valence-electron chi connectivity index (χ3n) is 8.91. The lowest BCUT2D eigenvalue weighted by Crippen LogP contribution is -2.54. The van der Waals surface area contributed by atoms with Crippen molar-refractivity contribution >= 4 is 28.8 Å². The lowest BCUT2D eigenvalue weighted by Gasteiger charge is -2.50. The van der Waals surface area contributed by atoms with Crippen molar-refractivity contribution in [2.75, 3.05) is 28.8 Å². The number of hydrogen-bond donors (Lipinski definition) is 1. The zero-order chi connectivity index (χ0) is 25.5. The number of methoxy groups -OCH3 is 1. The first-order valence-corrected chi connectivity index (χ1v) is 14.1. The predicted molar refractivity (Wildman–Crippen MR) is 146 cm³/mol. The highest BCUT2D eigenvalue weighted by Crippen LogP contribution is 2.43. The number of carbonyl (C=O) groups is 1. The molecule has 7 rings (SSSR count). The average Bonchev–Trinajstić information content (AvgIpc) is 3.09. The zero-order valence-corrected chi connectivity index (χ0v) is 22.4. The van der Waals surface area contributed by atoms with E-state index in [1.807, 2.05) is 24.3 Å². The standard InChI is InChI=1S/C30H40N4O3/c1-19(2)37-25-11-7-20(8-12-25)30(35)34-18-22-5-4-14-31-29(22)32-26-13-10-23(15-27(26)34)33-17-21-6-9-24(33)16-28(21)36-3/h4-5,10,13-15,19-21,24-25,28H,6-9,11-12,16-18H2,1-3H3,(H,31,32)/t20?,21-,24?,25?,28?/m0/s1. The number of nitrogens with zero attached hydrogens (tertiary/aromatic N) is 3. The van der Waals surface area contributed by atoms with Gasteiger partial charge in [-0.25, -0.2) is 4.98 Å². The molecular weight excluding hydrogens is 464 g/mol. The van der Waals surface area contributed by atoms with Crippen LogP contribution in [-0.2, 0) is 20.8 Å². The molecule has 1 amide bonds. The van der Waals surface area contributed by atoms with Crippen LogP contribution in [0.15, 0.2) is 36.5 Å². The van der Waals surface area contributed by atoms with Gasteiger partial charge in [0.25, 0.3) is 0 Å². The summed E-state index contributed by atoms with van der Waals surface area (Å²) in [7, 11) is 1.85. The maximum absolute atomic E-state index is 14.1. The second kappa shape index (κ2) is 10.3. The number of rotatable bonds is 5. The van der Waals surface area contributed by atoms with Crippen molar-refractivity contribution < 1.29 is 14.3 Å². The third-order valence-corrected chi connectivity index (χ3v) is 8.91. The zero-order valence-electron chi connectivity index (χ0n) is 22.4. The molecule has 2 bridgehead atoms. The van der Waals surface area contributed by atoms with Gasteiger partial charge < -0.3 is 24.6 Å². The number of nitrogens with one attached hydrogen (secondary N) is 1. The van der Waals surface area contributed by atoms with Crippen molar-refractivity contribution in [3.05, 3.63) is 42.1 Å². The topological polar surface area (TPSA) is 66.9 Å². The number of anilines is 4. The highest BCUT2D eigenvalue weighted by atomic mass is 16.5. The number of hydrogen-bond acceptors (Lipinski definition) is 6. The minimum Gasteiger partial charge on any atom is -0.381 e. The first-order chi connectivity index (χ1) is 18.0. The number of piperidine rings is 2. The number of fused-ring (bicyclic) bond motifs is 5. The number of pyridine rings is 1. The second-order valence-corrected chi connectivity index (χ2v) is 11.6. The molecule has 7 nitrogen and oxygen atoms in total. The molecule has 2 aromatic rings. The van der Waals surface area contributed by atoms with Crippen LogP contribution in [0.5, 0.6) is 0 Å². The fourth-order valence-corrected chi connectivity index (χ4v) is 7.01. The maximum Gasteiger partial charge on any atom is 0.230 e. The van der Waals surface area contributed by atoms with E-state index in [-0.39, 0.29) is 24.0 Å². The molecule has 5 aliphatic rings. The van der Waals surface area contributed by atoms with Gasteiger partial charge in [-0.2, -0.15) is 0 Å². The molecule has 4 heterocycles. The number of ether oxygens (including phenoxy) is 2. The molecule has 37 heavy (non-hydrogen) atoms. The van der Waals surface area contributed by atoms with Crippen molar-refractivity contribution in [2.24, 2.45) is 11.8 Å². The Bertz CT molecular complexity index is 1130. The summed E-state index contributed by atoms with van der Waals surface area (Å²) in [5.74, 6) is 1.65. The Morgan fingerprint density at radius 2 is 1.95 bits per heavy atom. The Hall–Kier alpha value is -2.64. The van der Waals surface area contributed by atoms with Gasteiger partial charge in [0.2, 0.25) is 5.91 Å². The highest BCUT2D eigenvalue weighted by Gasteiger charge is 2.41. The Labute approximate surface area is 220 Å². The van der Waals surface area contributed by atoms with E-state index in [9.17, 15) is 4.79 Å². The van der Waals surface area contributed by atoms with E-state index in [4.69, 9.17) is 9.47 Å². The minimum atomic E-state index is 0.0233. The average molecular weight is 505 g/mol. The molecule has 7 heteroatoms. The molecule has 0 radical (unpaired) electrons. The normalized spacial score (nSPS) is 28.9. The predicted octanol–water partition coefficient (Wildman–Crippen LogP) is 5.66. The van der Waals surface area contributed by atoms with Crippen molar-refractivity contribution in [3.8, 4) is 0 Å². The summed E-state index contributed by atoms with van der Waals surface area (Å²) in [4.78, 5) is 23.3. The van der Waals surface area contributed by atoms with Gasteiger partial charge in [0.1, 0.15) is 5.82 Å². The van der Waals surface area contributed by atoms with E-state index < -0.39 is 0 Å². The SMILES string of the molecule is COC1CC2CC[C@H]1CN2c1ccc2c(c1)N(C(=O)C1CCC(OC(C)C)CC1)Cc1cccnc1N2. The van der Waals surface area contributed by atoms with Crippen LogP contribution in [0.1, 0.15) is 64.4 Å². The lowest BCUT2D eigenvalue weighted by molar-refractivity contribution is -0.124. The first kappa shape index (κ1) is 24.7. The van der Waals surface area contributed by atoms with Gasteiger partial charge in [-0.15, -0.1) is 0 Å². The molecule has 2 unspecified atom stereocenters. The number of amides is 1. The minimum absolute atomic E-state index is 0.0233. The molecule has 0 spiro atoms. The molecule has 2 aliphatic carbocycles. The van der Waals surface area contributed by atoms with E-state index in [0.29, 0.717) is 24.6 Å². The summed E-state index contributed by atoms with van der Waals surface area (Å²) in [6.07, 6.45) is 9.85.